The molecule has 0 saturated carbocycles. The molecule has 0 aromatic rings. The monoisotopic (exact) mass is 814 g/mol. The summed E-state index contributed by atoms with van der Waals surface area (Å²) in [6.45, 7) is 4.20. The number of aliphatic hydroxyl groups is 3. The van der Waals surface area contributed by atoms with Gasteiger partial charge in [-0.1, -0.05) is 236 Å². The minimum absolute atomic E-state index is 0.00495. The van der Waals surface area contributed by atoms with Crippen LogP contribution >= 0.6 is 0 Å². The van der Waals surface area contributed by atoms with Crippen LogP contribution in [-0.2, 0) is 4.79 Å². The number of carbonyl (C=O) groups excluding carboxylic acids is 1. The Morgan fingerprint density at radius 3 is 1.21 bits per heavy atom. The van der Waals surface area contributed by atoms with E-state index in [0.717, 1.165) is 38.5 Å². The first-order chi connectivity index (χ1) is 28.5. The van der Waals surface area contributed by atoms with Crippen molar-refractivity contribution in [2.45, 2.75) is 276 Å². The van der Waals surface area contributed by atoms with Crippen LogP contribution in [0.4, 0.5) is 0 Å². The van der Waals surface area contributed by atoms with Gasteiger partial charge in [-0.2, -0.15) is 0 Å². The number of aliphatic hydroxyl groups excluding tert-OH is 3. The first-order valence-corrected chi connectivity index (χ1v) is 25.4. The molecular formula is C53H99NO4. The Balaban J connectivity index is 3.59. The quantitative estimate of drug-likeness (QED) is 0.0364. The Hall–Kier alpha value is -1.69. The molecule has 0 aliphatic carbocycles. The van der Waals surface area contributed by atoms with E-state index < -0.39 is 18.2 Å². The fraction of sp³-hybridized carbons (Fsp3) is 0.830. The number of unbranched alkanes of at least 4 members (excludes halogenated alkanes) is 31. The van der Waals surface area contributed by atoms with Crippen molar-refractivity contribution in [3.8, 4) is 0 Å². The lowest BCUT2D eigenvalue weighted by molar-refractivity contribution is -0.124. The zero-order chi connectivity index (χ0) is 42.3. The minimum atomic E-state index is -0.952. The zero-order valence-electron chi connectivity index (χ0n) is 38.7. The Bertz CT molecular complexity index is 943. The van der Waals surface area contributed by atoms with Gasteiger partial charge in [0.2, 0.25) is 5.91 Å². The molecule has 0 radical (unpaired) electrons. The number of carbonyl (C=O) groups is 1. The summed E-state index contributed by atoms with van der Waals surface area (Å²) in [6, 6.07) is -0.761. The summed E-state index contributed by atoms with van der Waals surface area (Å²) in [5.74, 6) is -0.326. The number of allylic oxidation sites excluding steroid dienone is 7. The largest absolute Gasteiger partial charge is 0.394 e. The molecule has 0 rings (SSSR count). The third-order valence-corrected chi connectivity index (χ3v) is 11.6. The van der Waals surface area contributed by atoms with Crippen LogP contribution in [0.5, 0.6) is 0 Å². The van der Waals surface area contributed by atoms with Gasteiger partial charge in [-0.3, -0.25) is 4.79 Å². The zero-order valence-corrected chi connectivity index (χ0v) is 38.7. The summed E-state index contributed by atoms with van der Waals surface area (Å²) in [6.07, 6.45) is 62.8. The Labute approximate surface area is 361 Å². The number of hydrogen-bond donors (Lipinski definition) is 4. The van der Waals surface area contributed by atoms with E-state index in [-0.39, 0.29) is 18.9 Å². The minimum Gasteiger partial charge on any atom is -0.394 e. The van der Waals surface area contributed by atoms with E-state index >= 15 is 0 Å². The van der Waals surface area contributed by atoms with Crippen LogP contribution in [0.25, 0.3) is 0 Å². The highest BCUT2D eigenvalue weighted by Gasteiger charge is 2.20. The molecular weight excluding hydrogens is 715 g/mol. The van der Waals surface area contributed by atoms with Crippen LogP contribution in [-0.4, -0.2) is 46.1 Å². The van der Waals surface area contributed by atoms with Gasteiger partial charge in [-0.05, 0) is 64.2 Å². The lowest BCUT2D eigenvalue weighted by Gasteiger charge is -2.21. The Morgan fingerprint density at radius 2 is 0.793 bits per heavy atom. The topological polar surface area (TPSA) is 89.8 Å². The first kappa shape index (κ1) is 56.3. The number of hydrogen-bond acceptors (Lipinski definition) is 4. The molecule has 0 bridgehead atoms. The fourth-order valence-electron chi connectivity index (χ4n) is 7.68. The molecule has 3 atom stereocenters. The molecule has 0 heterocycles. The predicted molar refractivity (Wildman–Crippen MR) is 254 cm³/mol. The van der Waals surface area contributed by atoms with Gasteiger partial charge in [0.25, 0.3) is 0 Å². The lowest BCUT2D eigenvalue weighted by Crippen LogP contribution is -2.45. The van der Waals surface area contributed by atoms with Gasteiger partial charge in [-0.25, -0.2) is 0 Å². The van der Waals surface area contributed by atoms with Gasteiger partial charge in [0.05, 0.1) is 31.3 Å². The molecule has 3 unspecified atom stereocenters. The van der Waals surface area contributed by atoms with Gasteiger partial charge >= 0.3 is 0 Å². The van der Waals surface area contributed by atoms with Crippen LogP contribution in [0.15, 0.2) is 48.6 Å². The van der Waals surface area contributed by atoms with E-state index in [0.29, 0.717) is 6.42 Å². The van der Waals surface area contributed by atoms with Crippen molar-refractivity contribution >= 4 is 5.91 Å². The van der Waals surface area contributed by atoms with Gasteiger partial charge in [0, 0.05) is 0 Å². The normalized spacial score (nSPS) is 13.8. The van der Waals surface area contributed by atoms with Gasteiger partial charge in [-0.15, -0.1) is 0 Å². The molecule has 4 N–H and O–H groups in total. The number of amides is 1. The van der Waals surface area contributed by atoms with Crippen LogP contribution in [0.3, 0.4) is 0 Å². The van der Waals surface area contributed by atoms with Gasteiger partial charge < -0.3 is 20.6 Å². The summed E-state index contributed by atoms with van der Waals surface area (Å²) < 4.78 is 0. The summed E-state index contributed by atoms with van der Waals surface area (Å²) in [5, 5.41) is 33.3. The predicted octanol–water partition coefficient (Wildman–Crippen LogP) is 15.3. The average molecular weight is 814 g/mol. The summed E-state index contributed by atoms with van der Waals surface area (Å²) in [7, 11) is 0. The molecule has 0 spiro atoms. The Morgan fingerprint density at radius 1 is 0.448 bits per heavy atom. The van der Waals surface area contributed by atoms with E-state index in [1.807, 2.05) is 6.08 Å². The number of rotatable bonds is 46. The highest BCUT2D eigenvalue weighted by atomic mass is 16.3. The van der Waals surface area contributed by atoms with Crippen molar-refractivity contribution in [3.63, 3.8) is 0 Å². The van der Waals surface area contributed by atoms with Crippen molar-refractivity contribution in [3.05, 3.63) is 48.6 Å². The summed E-state index contributed by atoms with van der Waals surface area (Å²) >= 11 is 0. The van der Waals surface area contributed by atoms with Crippen molar-refractivity contribution in [2.75, 3.05) is 6.61 Å². The van der Waals surface area contributed by atoms with Crippen LogP contribution in [0, 0.1) is 0 Å². The highest BCUT2D eigenvalue weighted by molar-refractivity contribution is 5.76. The third kappa shape index (κ3) is 43.9. The molecule has 340 valence electrons. The van der Waals surface area contributed by atoms with E-state index in [1.165, 1.54) is 193 Å². The molecule has 0 aliphatic rings. The molecule has 5 heteroatoms. The van der Waals surface area contributed by atoms with E-state index in [2.05, 4.69) is 55.6 Å². The molecule has 1 amide bonds. The lowest BCUT2D eigenvalue weighted by atomic mass is 10.0. The first-order valence-electron chi connectivity index (χ1n) is 25.4. The molecule has 58 heavy (non-hydrogen) atoms. The fourth-order valence-corrected chi connectivity index (χ4v) is 7.68. The maximum Gasteiger partial charge on any atom is 0.222 e. The van der Waals surface area contributed by atoms with Gasteiger partial charge in [0.15, 0.2) is 0 Å². The van der Waals surface area contributed by atoms with Crippen molar-refractivity contribution in [1.82, 2.24) is 5.32 Å². The molecule has 5 nitrogen and oxygen atoms in total. The van der Waals surface area contributed by atoms with Crippen molar-refractivity contribution < 1.29 is 20.1 Å². The molecule has 0 fully saturated rings. The highest BCUT2D eigenvalue weighted by Crippen LogP contribution is 2.16. The van der Waals surface area contributed by atoms with Gasteiger partial charge in [0.1, 0.15) is 0 Å². The third-order valence-electron chi connectivity index (χ3n) is 11.6. The molecule has 0 aromatic heterocycles. The molecule has 0 aromatic carbocycles. The standard InChI is InChI=1S/C53H99NO4/c1-3-5-7-9-11-13-15-17-19-20-21-22-23-24-25-26-27-28-29-30-31-32-33-34-36-38-40-42-44-46-50(56)48-53(58)54-51(49-55)52(57)47-45-43-41-39-37-35-18-16-14-12-10-8-6-4-2/h21-22,24-25,37,39,45,47,50-52,55-57H,3-20,23,26-36,38,40-44,46,48-49H2,1-2H3,(H,54,58)/b22-21-,25-24-,39-37+,47-45+. The van der Waals surface area contributed by atoms with E-state index in [1.54, 1.807) is 6.08 Å². The van der Waals surface area contributed by atoms with E-state index in [4.69, 9.17) is 0 Å². The maximum atomic E-state index is 12.5. The van der Waals surface area contributed by atoms with E-state index in [9.17, 15) is 20.1 Å². The number of nitrogens with one attached hydrogen (secondary N) is 1. The average Bonchev–Trinajstić information content (AvgIpc) is 3.22. The smallest absolute Gasteiger partial charge is 0.222 e. The maximum absolute atomic E-state index is 12.5. The molecule has 0 saturated heterocycles. The molecule has 0 aliphatic heterocycles. The summed E-state index contributed by atoms with van der Waals surface area (Å²) in [4.78, 5) is 12.5. The SMILES string of the molecule is CCCCCCCCCC/C=C/CC/C=C/C(O)C(CO)NC(=O)CC(O)CCCCCCCCCCCCCCC/C=C\C/C=C\CCCCCCCCCCC. The second-order valence-electron chi connectivity index (χ2n) is 17.4. The Kier molecular flexibility index (Phi) is 46.6. The van der Waals surface area contributed by atoms with Crippen LogP contribution < -0.4 is 5.32 Å². The summed E-state index contributed by atoms with van der Waals surface area (Å²) in [5.41, 5.74) is 0. The van der Waals surface area contributed by atoms with Crippen LogP contribution in [0.1, 0.15) is 258 Å². The van der Waals surface area contributed by atoms with Crippen LogP contribution in [0.2, 0.25) is 0 Å². The van der Waals surface area contributed by atoms with Crippen molar-refractivity contribution in [2.24, 2.45) is 0 Å². The second kappa shape index (κ2) is 48.0. The van der Waals surface area contributed by atoms with Crippen molar-refractivity contribution in [1.29, 1.82) is 0 Å². The second-order valence-corrected chi connectivity index (χ2v) is 17.4.